The van der Waals surface area contributed by atoms with Gasteiger partial charge >= 0.3 is 0 Å². The summed E-state index contributed by atoms with van der Waals surface area (Å²) in [6.07, 6.45) is 6.01. The number of rotatable bonds is 2. The summed E-state index contributed by atoms with van der Waals surface area (Å²) in [5.74, 6) is 0.712. The number of nitrogens with two attached hydrogens (primary N) is 1. The smallest absolute Gasteiger partial charge is 0.183 e. The van der Waals surface area contributed by atoms with Crippen molar-refractivity contribution in [2.45, 2.75) is 38.1 Å². The second-order valence-electron chi connectivity index (χ2n) is 4.98. The quantitative estimate of drug-likeness (QED) is 0.857. The summed E-state index contributed by atoms with van der Waals surface area (Å²) < 4.78 is 1.90. The molecule has 6 heteroatoms. The van der Waals surface area contributed by atoms with Crippen molar-refractivity contribution in [2.75, 3.05) is 5.73 Å². The molecule has 0 amide bonds. The minimum atomic E-state index is 0.372. The third-order valence-electron chi connectivity index (χ3n) is 3.64. The molecular weight excluding hydrogens is 262 g/mol. The molecule has 5 nitrogen and oxygen atoms in total. The van der Waals surface area contributed by atoms with E-state index in [1.54, 1.807) is 12.1 Å². The summed E-state index contributed by atoms with van der Waals surface area (Å²) >= 11 is 6.23. The fourth-order valence-electron chi connectivity index (χ4n) is 2.66. The molecule has 3 rings (SSSR count). The zero-order valence-corrected chi connectivity index (χ0v) is 11.3. The van der Waals surface area contributed by atoms with Crippen LogP contribution in [0.2, 0.25) is 5.02 Å². The molecule has 0 atom stereocenters. The molecule has 0 spiro atoms. The molecule has 19 heavy (non-hydrogen) atoms. The lowest BCUT2D eigenvalue weighted by Gasteiger charge is -2.22. The molecule has 2 N–H and O–H groups in total. The first-order valence-electron chi connectivity index (χ1n) is 6.59. The lowest BCUT2D eigenvalue weighted by molar-refractivity contribution is 0.327. The maximum absolute atomic E-state index is 6.23. The van der Waals surface area contributed by atoms with E-state index in [9.17, 15) is 0 Å². The van der Waals surface area contributed by atoms with E-state index in [0.717, 1.165) is 18.4 Å². The predicted molar refractivity (Wildman–Crippen MR) is 74.8 cm³/mol. The van der Waals surface area contributed by atoms with E-state index in [2.05, 4.69) is 15.5 Å². The van der Waals surface area contributed by atoms with Crippen LogP contribution in [-0.2, 0) is 0 Å². The van der Waals surface area contributed by atoms with Crippen LogP contribution in [0.5, 0.6) is 0 Å². The van der Waals surface area contributed by atoms with Crippen molar-refractivity contribution in [1.82, 2.24) is 20.2 Å². The highest BCUT2D eigenvalue weighted by molar-refractivity contribution is 6.33. The standard InChI is InChI=1S/C13H16ClN5/c14-12-7-6-9(15)8-11(12)13-16-17-18-19(13)10-4-2-1-3-5-10/h6-8,10H,1-5,15H2. The van der Waals surface area contributed by atoms with Gasteiger partial charge in [-0.1, -0.05) is 30.9 Å². The molecule has 2 aromatic rings. The Kier molecular flexibility index (Phi) is 3.38. The van der Waals surface area contributed by atoms with E-state index in [4.69, 9.17) is 17.3 Å². The Morgan fingerprint density at radius 2 is 2.00 bits per heavy atom. The molecule has 1 fully saturated rings. The van der Waals surface area contributed by atoms with Gasteiger partial charge in [-0.3, -0.25) is 0 Å². The first-order chi connectivity index (χ1) is 9.25. The molecule has 100 valence electrons. The van der Waals surface area contributed by atoms with Crippen LogP contribution >= 0.6 is 11.6 Å². The van der Waals surface area contributed by atoms with Gasteiger partial charge in [-0.25, -0.2) is 4.68 Å². The Hall–Kier alpha value is -1.62. The van der Waals surface area contributed by atoms with Gasteiger partial charge in [0.05, 0.1) is 11.1 Å². The summed E-state index contributed by atoms with van der Waals surface area (Å²) in [5, 5.41) is 12.7. The van der Waals surface area contributed by atoms with Crippen LogP contribution < -0.4 is 5.73 Å². The van der Waals surface area contributed by atoms with Gasteiger partial charge < -0.3 is 5.73 Å². The fraction of sp³-hybridized carbons (Fsp3) is 0.462. The lowest BCUT2D eigenvalue weighted by atomic mass is 9.95. The first kappa shape index (κ1) is 12.4. The number of halogens is 1. The van der Waals surface area contributed by atoms with E-state index in [1.807, 2.05) is 10.7 Å². The van der Waals surface area contributed by atoms with Gasteiger partial charge in [0.25, 0.3) is 0 Å². The van der Waals surface area contributed by atoms with E-state index in [1.165, 1.54) is 19.3 Å². The molecule has 0 unspecified atom stereocenters. The molecule has 1 aromatic heterocycles. The van der Waals surface area contributed by atoms with Crippen molar-refractivity contribution in [3.63, 3.8) is 0 Å². The molecule has 1 saturated carbocycles. The van der Waals surface area contributed by atoms with Crippen molar-refractivity contribution >= 4 is 17.3 Å². The number of hydrogen-bond donors (Lipinski definition) is 1. The zero-order chi connectivity index (χ0) is 13.2. The summed E-state index contributed by atoms with van der Waals surface area (Å²) in [4.78, 5) is 0. The first-order valence-corrected chi connectivity index (χ1v) is 6.97. The number of tetrazole rings is 1. The van der Waals surface area contributed by atoms with Crippen molar-refractivity contribution in [1.29, 1.82) is 0 Å². The largest absolute Gasteiger partial charge is 0.399 e. The van der Waals surface area contributed by atoms with E-state index in [0.29, 0.717) is 22.6 Å². The third kappa shape index (κ3) is 2.42. The number of nitrogen functional groups attached to an aromatic ring is 1. The Morgan fingerprint density at radius 1 is 1.21 bits per heavy atom. The molecule has 1 aliphatic rings. The van der Waals surface area contributed by atoms with Crippen LogP contribution in [0.4, 0.5) is 5.69 Å². The number of nitrogens with zero attached hydrogens (tertiary/aromatic N) is 4. The highest BCUT2D eigenvalue weighted by Gasteiger charge is 2.22. The summed E-state index contributed by atoms with van der Waals surface area (Å²) in [6, 6.07) is 5.76. The van der Waals surface area contributed by atoms with Crippen LogP contribution in [0.1, 0.15) is 38.1 Å². The van der Waals surface area contributed by atoms with Gasteiger partial charge in [0.1, 0.15) is 0 Å². The third-order valence-corrected chi connectivity index (χ3v) is 3.97. The Labute approximate surface area is 116 Å². The normalized spacial score (nSPS) is 16.7. The topological polar surface area (TPSA) is 69.6 Å². The minimum Gasteiger partial charge on any atom is -0.399 e. The molecular formula is C13H16ClN5. The van der Waals surface area contributed by atoms with Gasteiger partial charge in [0, 0.05) is 11.3 Å². The molecule has 1 heterocycles. The Bertz CT molecular complexity index is 574. The molecule has 0 aliphatic heterocycles. The predicted octanol–water partition coefficient (Wildman–Crippen LogP) is 3.08. The SMILES string of the molecule is Nc1ccc(Cl)c(-c2nnnn2C2CCCCC2)c1. The summed E-state index contributed by atoms with van der Waals surface area (Å²) in [5.41, 5.74) is 7.29. The molecule has 1 aliphatic carbocycles. The van der Waals surface area contributed by atoms with E-state index < -0.39 is 0 Å². The van der Waals surface area contributed by atoms with Crippen molar-refractivity contribution in [2.24, 2.45) is 0 Å². The van der Waals surface area contributed by atoms with Crippen LogP contribution in [-0.4, -0.2) is 20.2 Å². The van der Waals surface area contributed by atoms with Crippen molar-refractivity contribution < 1.29 is 0 Å². The fourth-order valence-corrected chi connectivity index (χ4v) is 2.86. The number of hydrogen-bond acceptors (Lipinski definition) is 4. The van der Waals surface area contributed by atoms with Crippen LogP contribution in [0.15, 0.2) is 18.2 Å². The summed E-state index contributed by atoms with van der Waals surface area (Å²) in [6.45, 7) is 0. The maximum Gasteiger partial charge on any atom is 0.183 e. The van der Waals surface area contributed by atoms with Gasteiger partial charge in [-0.15, -0.1) is 5.10 Å². The number of benzene rings is 1. The van der Waals surface area contributed by atoms with Gasteiger partial charge in [0.15, 0.2) is 5.82 Å². The minimum absolute atomic E-state index is 0.372. The molecule has 1 aromatic carbocycles. The van der Waals surface area contributed by atoms with E-state index in [-0.39, 0.29) is 0 Å². The highest BCUT2D eigenvalue weighted by atomic mass is 35.5. The van der Waals surface area contributed by atoms with Gasteiger partial charge in [0.2, 0.25) is 0 Å². The number of anilines is 1. The second-order valence-corrected chi connectivity index (χ2v) is 5.39. The summed E-state index contributed by atoms with van der Waals surface area (Å²) in [7, 11) is 0. The van der Waals surface area contributed by atoms with Crippen LogP contribution in [0.3, 0.4) is 0 Å². The van der Waals surface area contributed by atoms with Crippen LogP contribution in [0.25, 0.3) is 11.4 Å². The molecule has 0 radical (unpaired) electrons. The zero-order valence-electron chi connectivity index (χ0n) is 10.6. The monoisotopic (exact) mass is 277 g/mol. The Balaban J connectivity index is 2.01. The second kappa shape index (κ2) is 5.17. The number of aromatic nitrogens is 4. The Morgan fingerprint density at radius 3 is 2.79 bits per heavy atom. The van der Waals surface area contributed by atoms with E-state index >= 15 is 0 Å². The maximum atomic E-state index is 6.23. The highest BCUT2D eigenvalue weighted by Crippen LogP contribution is 2.33. The average molecular weight is 278 g/mol. The van der Waals surface area contributed by atoms with Crippen molar-refractivity contribution in [3.8, 4) is 11.4 Å². The van der Waals surface area contributed by atoms with Crippen LogP contribution in [0, 0.1) is 0 Å². The van der Waals surface area contributed by atoms with Gasteiger partial charge in [-0.2, -0.15) is 0 Å². The molecule has 0 saturated heterocycles. The van der Waals surface area contributed by atoms with Crippen molar-refractivity contribution in [3.05, 3.63) is 23.2 Å². The average Bonchev–Trinajstić information content (AvgIpc) is 2.91. The van der Waals surface area contributed by atoms with Gasteiger partial charge in [-0.05, 0) is 41.5 Å². The lowest BCUT2D eigenvalue weighted by Crippen LogP contribution is -2.15. The molecule has 0 bridgehead atoms.